The molecule has 1 N–H and O–H groups in total. The summed E-state index contributed by atoms with van der Waals surface area (Å²) in [5.41, 5.74) is 0. The zero-order chi connectivity index (χ0) is 13.0. The summed E-state index contributed by atoms with van der Waals surface area (Å²) in [5.74, 6) is 0.976. The first-order chi connectivity index (χ1) is 8.70. The van der Waals surface area contributed by atoms with Crippen molar-refractivity contribution in [2.45, 2.75) is 50.6 Å². The molecule has 0 spiro atoms. The van der Waals surface area contributed by atoms with Gasteiger partial charge in [0, 0.05) is 18.6 Å². The normalized spacial score (nSPS) is 30.5. The van der Waals surface area contributed by atoms with Crippen molar-refractivity contribution in [2.24, 2.45) is 5.92 Å². The summed E-state index contributed by atoms with van der Waals surface area (Å²) in [6.45, 7) is 3.72. The minimum atomic E-state index is 0.665. The molecule has 2 atom stereocenters. The summed E-state index contributed by atoms with van der Waals surface area (Å²) in [6.07, 6.45) is 8.53. The van der Waals surface area contributed by atoms with Crippen LogP contribution in [0.5, 0.6) is 0 Å². The van der Waals surface area contributed by atoms with Crippen LogP contribution in [0.4, 0.5) is 0 Å². The lowest BCUT2D eigenvalue weighted by atomic mass is 9.93. The van der Waals surface area contributed by atoms with Crippen LogP contribution in [0.2, 0.25) is 0 Å². The van der Waals surface area contributed by atoms with E-state index in [-0.39, 0.29) is 0 Å². The average Bonchev–Trinajstić information content (AvgIpc) is 2.80. The lowest BCUT2D eigenvalue weighted by Crippen LogP contribution is -2.51. The molecule has 0 amide bonds. The topological polar surface area (TPSA) is 18.5 Å². The molecule has 2 rings (SSSR count). The number of rotatable bonds is 4. The maximum atomic E-state index is 3.61. The van der Waals surface area contributed by atoms with E-state index in [1.165, 1.54) is 58.2 Å². The van der Waals surface area contributed by atoms with Crippen LogP contribution in [0.15, 0.2) is 0 Å². The van der Waals surface area contributed by atoms with Crippen molar-refractivity contribution in [3.05, 3.63) is 0 Å². The predicted octanol–water partition coefficient (Wildman–Crippen LogP) is 1.79. The Hall–Kier alpha value is -0.120. The second-order valence-electron chi connectivity index (χ2n) is 6.45. The van der Waals surface area contributed by atoms with Crippen LogP contribution in [0.25, 0.3) is 0 Å². The predicted molar refractivity (Wildman–Crippen MR) is 78.0 cm³/mol. The van der Waals surface area contributed by atoms with Gasteiger partial charge in [-0.3, -0.25) is 0 Å². The molecule has 0 aromatic heterocycles. The van der Waals surface area contributed by atoms with E-state index in [1.807, 2.05) is 0 Å². The summed E-state index contributed by atoms with van der Waals surface area (Å²) in [7, 11) is 6.73. The van der Waals surface area contributed by atoms with Crippen LogP contribution >= 0.6 is 0 Å². The molecule has 1 heterocycles. The summed E-state index contributed by atoms with van der Waals surface area (Å²) < 4.78 is 0. The molecule has 0 aromatic rings. The molecule has 18 heavy (non-hydrogen) atoms. The van der Waals surface area contributed by atoms with E-state index in [0.717, 1.165) is 5.92 Å². The quantitative estimate of drug-likeness (QED) is 0.824. The van der Waals surface area contributed by atoms with Crippen molar-refractivity contribution in [3.8, 4) is 0 Å². The van der Waals surface area contributed by atoms with Gasteiger partial charge in [-0.2, -0.15) is 0 Å². The minimum absolute atomic E-state index is 0.665. The van der Waals surface area contributed by atoms with Crippen LogP contribution < -0.4 is 5.32 Å². The monoisotopic (exact) mass is 253 g/mol. The maximum absolute atomic E-state index is 3.61. The highest BCUT2D eigenvalue weighted by Gasteiger charge is 2.30. The fourth-order valence-electron chi connectivity index (χ4n) is 3.81. The van der Waals surface area contributed by atoms with Crippen LogP contribution in [0.3, 0.4) is 0 Å². The number of nitrogens with one attached hydrogen (secondary N) is 1. The van der Waals surface area contributed by atoms with E-state index in [1.54, 1.807) is 0 Å². The third-order valence-electron chi connectivity index (χ3n) is 5.01. The van der Waals surface area contributed by atoms with Gasteiger partial charge in [0.25, 0.3) is 0 Å². The third-order valence-corrected chi connectivity index (χ3v) is 5.01. The SMILES string of the molecule is CNC(CC1CCCC1)C1CN(C)CCCN1C. The molecule has 1 aliphatic carbocycles. The smallest absolute Gasteiger partial charge is 0.0373 e. The number of hydrogen-bond donors (Lipinski definition) is 1. The van der Waals surface area contributed by atoms with Gasteiger partial charge in [0.2, 0.25) is 0 Å². The van der Waals surface area contributed by atoms with Crippen molar-refractivity contribution in [2.75, 3.05) is 40.8 Å². The molecule has 0 bridgehead atoms. The van der Waals surface area contributed by atoms with Gasteiger partial charge in [-0.15, -0.1) is 0 Å². The van der Waals surface area contributed by atoms with Gasteiger partial charge in [0.15, 0.2) is 0 Å². The van der Waals surface area contributed by atoms with E-state index in [0.29, 0.717) is 12.1 Å². The van der Waals surface area contributed by atoms with Gasteiger partial charge in [0.1, 0.15) is 0 Å². The van der Waals surface area contributed by atoms with Gasteiger partial charge in [-0.1, -0.05) is 25.7 Å². The molecule has 0 aromatic carbocycles. The van der Waals surface area contributed by atoms with Crippen molar-refractivity contribution < 1.29 is 0 Å². The van der Waals surface area contributed by atoms with Gasteiger partial charge < -0.3 is 15.1 Å². The molecule has 3 nitrogen and oxygen atoms in total. The highest BCUT2D eigenvalue weighted by molar-refractivity contribution is 4.89. The molecule has 0 radical (unpaired) electrons. The van der Waals surface area contributed by atoms with Crippen molar-refractivity contribution in [1.29, 1.82) is 0 Å². The van der Waals surface area contributed by atoms with Gasteiger partial charge in [-0.05, 0) is 53.0 Å². The zero-order valence-corrected chi connectivity index (χ0v) is 12.5. The summed E-state index contributed by atoms with van der Waals surface area (Å²) in [6, 6.07) is 1.35. The van der Waals surface area contributed by atoms with E-state index >= 15 is 0 Å². The minimum Gasteiger partial charge on any atom is -0.315 e. The maximum Gasteiger partial charge on any atom is 0.0373 e. The Bertz CT molecular complexity index is 238. The van der Waals surface area contributed by atoms with E-state index < -0.39 is 0 Å². The van der Waals surface area contributed by atoms with E-state index in [4.69, 9.17) is 0 Å². The summed E-state index contributed by atoms with van der Waals surface area (Å²) >= 11 is 0. The van der Waals surface area contributed by atoms with E-state index in [9.17, 15) is 0 Å². The van der Waals surface area contributed by atoms with Crippen LogP contribution in [-0.2, 0) is 0 Å². The fourth-order valence-corrected chi connectivity index (χ4v) is 3.81. The molecular weight excluding hydrogens is 222 g/mol. The zero-order valence-electron chi connectivity index (χ0n) is 12.5. The molecule has 1 saturated heterocycles. The van der Waals surface area contributed by atoms with Gasteiger partial charge >= 0.3 is 0 Å². The highest BCUT2D eigenvalue weighted by atomic mass is 15.2. The average molecular weight is 253 g/mol. The van der Waals surface area contributed by atoms with Gasteiger partial charge in [0.05, 0.1) is 0 Å². The molecule has 106 valence electrons. The van der Waals surface area contributed by atoms with Crippen LogP contribution in [0, 0.1) is 5.92 Å². The van der Waals surface area contributed by atoms with E-state index in [2.05, 4.69) is 36.3 Å². The Morgan fingerprint density at radius 1 is 1.11 bits per heavy atom. The Labute approximate surface area is 113 Å². The lowest BCUT2D eigenvalue weighted by Gasteiger charge is -2.35. The summed E-state index contributed by atoms with van der Waals surface area (Å²) in [5, 5.41) is 3.61. The van der Waals surface area contributed by atoms with Crippen molar-refractivity contribution in [3.63, 3.8) is 0 Å². The number of likely N-dealkylation sites (N-methyl/N-ethyl adjacent to an activating group) is 3. The first kappa shape index (κ1) is 14.3. The molecule has 1 saturated carbocycles. The standard InChI is InChI=1S/C15H31N3/c1-16-14(11-13-7-4-5-8-13)15-12-17(2)9-6-10-18(15)3/h13-16H,4-12H2,1-3H3. The number of nitrogens with zero attached hydrogens (tertiary/aromatic N) is 2. The second kappa shape index (κ2) is 6.88. The fraction of sp³-hybridized carbons (Fsp3) is 1.00. The lowest BCUT2D eigenvalue weighted by molar-refractivity contribution is 0.166. The Morgan fingerprint density at radius 3 is 2.50 bits per heavy atom. The second-order valence-corrected chi connectivity index (χ2v) is 6.45. The highest BCUT2D eigenvalue weighted by Crippen LogP contribution is 2.30. The number of hydrogen-bond acceptors (Lipinski definition) is 3. The Morgan fingerprint density at radius 2 is 1.83 bits per heavy atom. The molecule has 3 heteroatoms. The molecule has 2 fully saturated rings. The molecular formula is C15H31N3. The Kier molecular flexibility index (Phi) is 5.46. The summed E-state index contributed by atoms with van der Waals surface area (Å²) in [4.78, 5) is 5.09. The first-order valence-electron chi connectivity index (χ1n) is 7.76. The van der Waals surface area contributed by atoms with Gasteiger partial charge in [-0.25, -0.2) is 0 Å². The molecule has 1 aliphatic heterocycles. The first-order valence-corrected chi connectivity index (χ1v) is 7.76. The van der Waals surface area contributed by atoms with Crippen molar-refractivity contribution >= 4 is 0 Å². The van der Waals surface area contributed by atoms with Crippen LogP contribution in [-0.4, -0.2) is 62.7 Å². The molecule has 2 aliphatic rings. The van der Waals surface area contributed by atoms with Crippen LogP contribution in [0.1, 0.15) is 38.5 Å². The Balaban J connectivity index is 1.94. The largest absolute Gasteiger partial charge is 0.315 e. The molecule has 2 unspecified atom stereocenters. The van der Waals surface area contributed by atoms with Crippen molar-refractivity contribution in [1.82, 2.24) is 15.1 Å². The third kappa shape index (κ3) is 3.69.